The summed E-state index contributed by atoms with van der Waals surface area (Å²) in [7, 11) is 1.59. The molecule has 1 aliphatic heterocycles. The predicted octanol–water partition coefficient (Wildman–Crippen LogP) is 2.64. The first-order valence-electron chi connectivity index (χ1n) is 10.2. The molecule has 0 bridgehead atoms. The van der Waals surface area contributed by atoms with Gasteiger partial charge >= 0.3 is 0 Å². The van der Waals surface area contributed by atoms with Crippen LogP contribution in [0, 0.1) is 0 Å². The van der Waals surface area contributed by atoms with Gasteiger partial charge in [0, 0.05) is 26.2 Å². The number of rotatable bonds is 6. The van der Waals surface area contributed by atoms with Crippen LogP contribution in [0.5, 0.6) is 5.88 Å². The maximum absolute atomic E-state index is 12.7. The number of nitrogens with zero attached hydrogens (tertiary/aromatic N) is 4. The second-order valence-electron chi connectivity index (χ2n) is 7.54. The van der Waals surface area contributed by atoms with E-state index in [9.17, 15) is 4.79 Å². The van der Waals surface area contributed by atoms with E-state index in [1.54, 1.807) is 19.5 Å². The first kappa shape index (κ1) is 20.1. The Labute approximate surface area is 176 Å². The van der Waals surface area contributed by atoms with E-state index in [2.05, 4.69) is 49.4 Å². The van der Waals surface area contributed by atoms with Gasteiger partial charge in [-0.2, -0.15) is 4.98 Å². The molecule has 1 saturated heterocycles. The van der Waals surface area contributed by atoms with Gasteiger partial charge in [0.25, 0.3) is 0 Å². The molecule has 3 aromatic rings. The summed E-state index contributed by atoms with van der Waals surface area (Å²) < 4.78 is 5.16. The smallest absolute Gasteiger partial charge is 0.234 e. The average molecular weight is 406 g/mol. The summed E-state index contributed by atoms with van der Waals surface area (Å²) >= 11 is 0. The summed E-state index contributed by atoms with van der Waals surface area (Å²) in [5.41, 5.74) is 1.14. The molecule has 0 saturated carbocycles. The van der Waals surface area contributed by atoms with Crippen molar-refractivity contribution in [3.8, 4) is 5.88 Å². The number of anilines is 1. The number of fused-ring (bicyclic) bond motifs is 1. The van der Waals surface area contributed by atoms with Crippen molar-refractivity contribution in [3.05, 3.63) is 60.4 Å². The predicted molar refractivity (Wildman–Crippen MR) is 118 cm³/mol. The molecular weight excluding hydrogens is 378 g/mol. The minimum absolute atomic E-state index is 0.0445. The van der Waals surface area contributed by atoms with E-state index >= 15 is 0 Å². The van der Waals surface area contributed by atoms with Crippen LogP contribution in [0.4, 0.5) is 5.82 Å². The molecular formula is C23H27N5O2. The van der Waals surface area contributed by atoms with Crippen LogP contribution in [0.25, 0.3) is 10.8 Å². The molecule has 1 atom stereocenters. The van der Waals surface area contributed by atoms with Gasteiger partial charge in [-0.25, -0.2) is 0 Å². The van der Waals surface area contributed by atoms with Crippen molar-refractivity contribution in [2.45, 2.75) is 13.0 Å². The highest BCUT2D eigenvalue weighted by Crippen LogP contribution is 2.24. The largest absolute Gasteiger partial charge is 0.480 e. The van der Waals surface area contributed by atoms with Crippen LogP contribution in [-0.4, -0.2) is 60.6 Å². The first-order valence-corrected chi connectivity index (χ1v) is 10.2. The van der Waals surface area contributed by atoms with E-state index in [-0.39, 0.29) is 11.9 Å². The summed E-state index contributed by atoms with van der Waals surface area (Å²) in [6.07, 6.45) is 3.35. The molecule has 7 nitrogen and oxygen atoms in total. The Hall–Kier alpha value is -3.19. The average Bonchev–Trinajstić information content (AvgIpc) is 2.79. The topological polar surface area (TPSA) is 70.6 Å². The van der Waals surface area contributed by atoms with Crippen molar-refractivity contribution >= 4 is 22.5 Å². The normalized spacial score (nSPS) is 15.7. The maximum Gasteiger partial charge on any atom is 0.234 e. The minimum Gasteiger partial charge on any atom is -0.480 e. The number of carbonyl (C=O) groups is 1. The number of aromatic nitrogens is 2. The Bertz CT molecular complexity index is 1010. The van der Waals surface area contributed by atoms with Gasteiger partial charge in [0.05, 0.1) is 32.1 Å². The van der Waals surface area contributed by atoms with Gasteiger partial charge < -0.3 is 15.0 Å². The van der Waals surface area contributed by atoms with Crippen molar-refractivity contribution in [1.29, 1.82) is 0 Å². The third kappa shape index (κ3) is 4.52. The molecule has 4 rings (SSSR count). The Morgan fingerprint density at radius 3 is 2.67 bits per heavy atom. The highest BCUT2D eigenvalue weighted by Gasteiger charge is 2.21. The van der Waals surface area contributed by atoms with E-state index in [4.69, 9.17) is 4.74 Å². The van der Waals surface area contributed by atoms with Gasteiger partial charge in [-0.05, 0) is 23.3 Å². The van der Waals surface area contributed by atoms with Crippen molar-refractivity contribution in [1.82, 2.24) is 20.2 Å². The molecule has 2 aromatic carbocycles. The van der Waals surface area contributed by atoms with Crippen molar-refractivity contribution in [2.75, 3.05) is 44.7 Å². The molecule has 1 amide bonds. The molecule has 1 aliphatic rings. The number of ether oxygens (including phenoxy) is 1. The van der Waals surface area contributed by atoms with E-state index in [0.717, 1.165) is 37.6 Å². The molecule has 30 heavy (non-hydrogen) atoms. The van der Waals surface area contributed by atoms with Gasteiger partial charge in [-0.3, -0.25) is 14.7 Å². The lowest BCUT2D eigenvalue weighted by atomic mass is 10.00. The zero-order chi connectivity index (χ0) is 20.9. The number of hydrogen-bond donors (Lipinski definition) is 1. The number of piperazine rings is 1. The first-order chi connectivity index (χ1) is 14.6. The van der Waals surface area contributed by atoms with Crippen LogP contribution in [0.1, 0.15) is 18.5 Å². The maximum atomic E-state index is 12.7. The lowest BCUT2D eigenvalue weighted by Gasteiger charge is -2.35. The fraction of sp³-hybridized carbons (Fsp3) is 0.348. The van der Waals surface area contributed by atoms with Crippen LogP contribution < -0.4 is 15.0 Å². The molecule has 1 aromatic heterocycles. The van der Waals surface area contributed by atoms with Gasteiger partial charge in [-0.15, -0.1) is 0 Å². The third-order valence-corrected chi connectivity index (χ3v) is 5.54. The van der Waals surface area contributed by atoms with Crippen molar-refractivity contribution in [2.24, 2.45) is 0 Å². The monoisotopic (exact) mass is 405 g/mol. The molecule has 7 heteroatoms. The number of benzene rings is 2. The molecule has 0 aliphatic carbocycles. The molecule has 1 N–H and O–H groups in total. The van der Waals surface area contributed by atoms with Crippen LogP contribution in [0.3, 0.4) is 0 Å². The zero-order valence-electron chi connectivity index (χ0n) is 17.4. The second-order valence-corrected chi connectivity index (χ2v) is 7.54. The van der Waals surface area contributed by atoms with Crippen LogP contribution >= 0.6 is 0 Å². The number of methoxy groups -OCH3 is 1. The van der Waals surface area contributed by atoms with Crippen LogP contribution in [0.15, 0.2) is 54.9 Å². The summed E-state index contributed by atoms with van der Waals surface area (Å²) in [6, 6.07) is 14.4. The molecule has 0 radical (unpaired) electrons. The van der Waals surface area contributed by atoms with E-state index in [1.165, 1.54) is 10.8 Å². The van der Waals surface area contributed by atoms with Gasteiger partial charge in [-0.1, -0.05) is 42.5 Å². The minimum atomic E-state index is -0.0445. The molecule has 156 valence electrons. The van der Waals surface area contributed by atoms with Gasteiger partial charge in [0.15, 0.2) is 5.82 Å². The molecule has 1 fully saturated rings. The zero-order valence-corrected chi connectivity index (χ0v) is 17.4. The van der Waals surface area contributed by atoms with Crippen LogP contribution in [0.2, 0.25) is 0 Å². The van der Waals surface area contributed by atoms with E-state index in [0.29, 0.717) is 12.4 Å². The summed E-state index contributed by atoms with van der Waals surface area (Å²) in [5.74, 6) is 1.37. The van der Waals surface area contributed by atoms with Crippen molar-refractivity contribution in [3.63, 3.8) is 0 Å². The Kier molecular flexibility index (Phi) is 6.09. The fourth-order valence-corrected chi connectivity index (χ4v) is 3.92. The fourth-order valence-electron chi connectivity index (χ4n) is 3.92. The van der Waals surface area contributed by atoms with E-state index in [1.807, 2.05) is 25.1 Å². The van der Waals surface area contributed by atoms with E-state index < -0.39 is 0 Å². The Morgan fingerprint density at radius 2 is 1.87 bits per heavy atom. The molecule has 1 unspecified atom stereocenters. The number of hydrogen-bond acceptors (Lipinski definition) is 6. The van der Waals surface area contributed by atoms with Gasteiger partial charge in [0.2, 0.25) is 11.8 Å². The highest BCUT2D eigenvalue weighted by molar-refractivity contribution is 5.87. The Morgan fingerprint density at radius 1 is 1.10 bits per heavy atom. The lowest BCUT2D eigenvalue weighted by Crippen LogP contribution is -2.50. The Balaban J connectivity index is 1.31. The van der Waals surface area contributed by atoms with Gasteiger partial charge in [0.1, 0.15) is 0 Å². The third-order valence-electron chi connectivity index (χ3n) is 5.54. The highest BCUT2D eigenvalue weighted by atomic mass is 16.5. The number of carbonyl (C=O) groups excluding carboxylic acids is 1. The second kappa shape index (κ2) is 9.09. The number of nitrogens with one attached hydrogen (secondary N) is 1. The number of amides is 1. The van der Waals surface area contributed by atoms with Crippen LogP contribution in [-0.2, 0) is 4.79 Å². The summed E-state index contributed by atoms with van der Waals surface area (Å²) in [5, 5.41) is 5.53. The standard InChI is InChI=1S/C23H27N5O2/c1-17(19-9-5-7-18-6-3-4-8-20(18)19)25-22(29)16-27-10-12-28(13-11-27)21-14-24-15-23(26-21)30-2/h3-9,14-15,17H,10-13,16H2,1-2H3,(H,25,29). The summed E-state index contributed by atoms with van der Waals surface area (Å²) in [4.78, 5) is 25.6. The SMILES string of the molecule is COc1cncc(N2CCN(CC(=O)NC(C)c3cccc4ccccc34)CC2)n1. The molecule has 2 heterocycles. The lowest BCUT2D eigenvalue weighted by molar-refractivity contribution is -0.123. The summed E-state index contributed by atoms with van der Waals surface area (Å²) in [6.45, 7) is 5.64. The molecule has 0 spiro atoms. The quantitative estimate of drug-likeness (QED) is 0.680. The van der Waals surface area contributed by atoms with Crippen molar-refractivity contribution < 1.29 is 9.53 Å².